The Morgan fingerprint density at radius 1 is 0.233 bits per heavy atom. The van der Waals surface area contributed by atoms with E-state index in [-0.39, 0.29) is 0 Å². The average molecular weight is 1380 g/mol. The Bertz CT molecular complexity index is 6690. The van der Waals surface area contributed by atoms with Gasteiger partial charge in [-0.05, 0) is 102 Å². The van der Waals surface area contributed by atoms with Crippen molar-refractivity contribution in [3.63, 3.8) is 0 Å². The van der Waals surface area contributed by atoms with Crippen LogP contribution in [0.1, 0.15) is 0 Å². The fourth-order valence-corrected chi connectivity index (χ4v) is 16.2. The lowest BCUT2D eigenvalue weighted by Gasteiger charge is -2.16. The molecule has 0 aliphatic heterocycles. The first-order valence-electron chi connectivity index (χ1n) is 34.6. The Morgan fingerprint density at radius 2 is 0.573 bits per heavy atom. The average Bonchev–Trinajstić information content (AvgIpc) is 1.54. The van der Waals surface area contributed by atoms with Crippen molar-refractivity contribution in [3.8, 4) is 119 Å². The Labute approximate surface area is 600 Å². The van der Waals surface area contributed by atoms with Crippen molar-refractivity contribution in [2.45, 2.75) is 0 Å². The van der Waals surface area contributed by atoms with E-state index in [0.29, 0.717) is 34.9 Å². The minimum Gasteiger partial charge on any atom is -0.354 e. The topological polar surface area (TPSA) is 98.1 Å². The second-order valence-electron chi connectivity index (χ2n) is 26.1. The summed E-state index contributed by atoms with van der Waals surface area (Å²) in [5.41, 5.74) is 22.0. The standard InChI is InChI=1S/C47H28N4.C26H15N.C21H14BrN3/c1-3-14-29(15-4-1)45-48-46(30-16-5-2-6-17-30)50-47(49-45)31-18-11-19-32(28-31)51-40-27-13-26-38-34-21-8-7-20-33(34)36-24-12-25-37-35-22-9-10-23-39(35)44(51)43(41(36)37)42(38)40;1-2-8-16-15(7-1)18-11-5-12-19-17-9-3-4-10-21(17)26-25(23(18)19)24-20(16)13-6-14-22(24)27-26;22-18-13-7-12-17(14-18)21-24-19(15-8-3-1-4-9-15)23-20(25-21)16-10-5-2-6-11-16/h1-28H;1-14,27H;1-14H. The van der Waals surface area contributed by atoms with Crippen LogP contribution in [0, 0.1) is 0 Å². The van der Waals surface area contributed by atoms with E-state index >= 15 is 0 Å². The fraction of sp³-hybridized carbons (Fsp3) is 0. The minimum atomic E-state index is 0.638. The molecule has 0 spiro atoms. The van der Waals surface area contributed by atoms with Crippen LogP contribution in [0.3, 0.4) is 0 Å². The van der Waals surface area contributed by atoms with Gasteiger partial charge >= 0.3 is 0 Å². The van der Waals surface area contributed by atoms with Gasteiger partial charge in [0.25, 0.3) is 0 Å². The van der Waals surface area contributed by atoms with E-state index in [1.165, 1.54) is 131 Å². The molecule has 0 atom stereocenters. The van der Waals surface area contributed by atoms with Gasteiger partial charge in [-0.3, -0.25) is 0 Å². The number of fused-ring (bicyclic) bond motifs is 12. The highest BCUT2D eigenvalue weighted by Crippen LogP contribution is 2.54. The highest BCUT2D eigenvalue weighted by molar-refractivity contribution is 9.10. The monoisotopic (exact) mass is 1380 g/mol. The van der Waals surface area contributed by atoms with E-state index in [9.17, 15) is 0 Å². The van der Waals surface area contributed by atoms with Crippen LogP contribution in [0.4, 0.5) is 0 Å². The SMILES string of the molecule is Brc1cccc(-c2nc(-c3ccccc3)nc(-c3ccccc3)n2)c1.c1ccc(-c2nc(-c3ccccc3)nc(-c3cccc(-n4c5cccc6c5c5c7c(cccc7c7ccccc7c54)-c4ccccc4-6)c3)n2)cc1.c1ccc2c(c1)-c1cccc3[nH]c4c5ccccc5c5cccc-2c5c4c13. The zero-order valence-electron chi connectivity index (χ0n) is 55.3. The molecule has 16 aromatic carbocycles. The number of nitrogens with one attached hydrogen (secondary N) is 1. The molecule has 0 saturated carbocycles. The van der Waals surface area contributed by atoms with Gasteiger partial charge in [0.05, 0.1) is 16.6 Å². The highest BCUT2D eigenvalue weighted by Gasteiger charge is 2.28. The molecule has 103 heavy (non-hydrogen) atoms. The summed E-state index contributed by atoms with van der Waals surface area (Å²) in [7, 11) is 0. The minimum absolute atomic E-state index is 0.638. The maximum absolute atomic E-state index is 5.07. The predicted octanol–water partition coefficient (Wildman–Crippen LogP) is 24.8. The summed E-state index contributed by atoms with van der Waals surface area (Å²) in [5, 5.41) is 15.7. The van der Waals surface area contributed by atoms with Crippen molar-refractivity contribution < 1.29 is 0 Å². The third-order valence-corrected chi connectivity index (χ3v) is 20.8. The predicted molar refractivity (Wildman–Crippen MR) is 429 cm³/mol. The Morgan fingerprint density at radius 3 is 1.07 bits per heavy atom. The van der Waals surface area contributed by atoms with Crippen molar-refractivity contribution in [2.24, 2.45) is 0 Å². The lowest BCUT2D eigenvalue weighted by Crippen LogP contribution is -2.01. The molecule has 8 nitrogen and oxygen atoms in total. The van der Waals surface area contributed by atoms with E-state index < -0.39 is 0 Å². The van der Waals surface area contributed by atoms with Gasteiger partial charge in [-0.25, -0.2) is 29.9 Å². The van der Waals surface area contributed by atoms with Gasteiger partial charge in [0, 0.05) is 92.1 Å². The van der Waals surface area contributed by atoms with Crippen molar-refractivity contribution >= 4 is 103 Å². The van der Waals surface area contributed by atoms with Crippen LogP contribution in [-0.2, 0) is 0 Å². The molecule has 480 valence electrons. The molecule has 2 aliphatic carbocycles. The van der Waals surface area contributed by atoms with Gasteiger partial charge in [0.1, 0.15) is 0 Å². The fourth-order valence-electron chi connectivity index (χ4n) is 15.8. The summed E-state index contributed by atoms with van der Waals surface area (Å²) in [6.07, 6.45) is 0. The third kappa shape index (κ3) is 9.95. The van der Waals surface area contributed by atoms with Crippen LogP contribution in [0.2, 0.25) is 0 Å². The van der Waals surface area contributed by atoms with Crippen molar-refractivity contribution in [2.75, 3.05) is 0 Å². The first-order valence-corrected chi connectivity index (χ1v) is 35.4. The Balaban J connectivity index is 0.000000114. The van der Waals surface area contributed by atoms with Crippen LogP contribution < -0.4 is 0 Å². The van der Waals surface area contributed by atoms with Gasteiger partial charge in [0.15, 0.2) is 34.9 Å². The van der Waals surface area contributed by atoms with Crippen molar-refractivity contribution in [1.29, 1.82) is 0 Å². The highest BCUT2D eigenvalue weighted by atomic mass is 79.9. The molecule has 22 rings (SSSR count). The molecule has 4 heterocycles. The smallest absolute Gasteiger partial charge is 0.164 e. The van der Waals surface area contributed by atoms with Gasteiger partial charge in [-0.15, -0.1) is 0 Å². The van der Waals surface area contributed by atoms with E-state index in [1.54, 1.807) is 0 Å². The molecule has 1 N–H and O–H groups in total. The molecule has 2 aliphatic rings. The zero-order valence-corrected chi connectivity index (χ0v) is 56.9. The second kappa shape index (κ2) is 24.5. The zero-order chi connectivity index (χ0) is 68.1. The summed E-state index contributed by atoms with van der Waals surface area (Å²) in [6, 6.07) is 119. The number of hydrogen-bond donors (Lipinski definition) is 1. The van der Waals surface area contributed by atoms with Gasteiger partial charge in [-0.2, -0.15) is 0 Å². The second-order valence-corrected chi connectivity index (χ2v) is 27.1. The van der Waals surface area contributed by atoms with Crippen molar-refractivity contribution in [3.05, 3.63) is 344 Å². The number of rotatable bonds is 7. The molecule has 0 radical (unpaired) electrons. The quantitative estimate of drug-likeness (QED) is 0.160. The Kier molecular flexibility index (Phi) is 14.2. The maximum Gasteiger partial charge on any atom is 0.164 e. The van der Waals surface area contributed by atoms with E-state index in [1.807, 2.05) is 146 Å². The number of hydrogen-bond acceptors (Lipinski definition) is 6. The molecule has 0 amide bonds. The van der Waals surface area contributed by atoms with Crippen LogP contribution in [-0.4, -0.2) is 39.5 Å². The first-order chi connectivity index (χ1) is 51.0. The van der Waals surface area contributed by atoms with Crippen LogP contribution >= 0.6 is 15.9 Å². The first kappa shape index (κ1) is 59.7. The summed E-state index contributed by atoms with van der Waals surface area (Å²) in [4.78, 5) is 32.9. The van der Waals surface area contributed by atoms with Crippen LogP contribution in [0.25, 0.3) is 205 Å². The van der Waals surface area contributed by atoms with Gasteiger partial charge < -0.3 is 9.55 Å². The molecule has 0 fully saturated rings. The van der Waals surface area contributed by atoms with E-state index in [4.69, 9.17) is 24.9 Å². The molecule has 9 heteroatoms. The summed E-state index contributed by atoms with van der Waals surface area (Å²) in [6.45, 7) is 0. The molecule has 0 unspecified atom stereocenters. The molecular formula is C94H57BrN8. The summed E-state index contributed by atoms with van der Waals surface area (Å²) < 4.78 is 3.45. The number of aromatic amines is 1. The van der Waals surface area contributed by atoms with Crippen LogP contribution in [0.15, 0.2) is 344 Å². The number of benzene rings is 16. The lowest BCUT2D eigenvalue weighted by molar-refractivity contribution is 1.07. The largest absolute Gasteiger partial charge is 0.354 e. The lowest BCUT2D eigenvalue weighted by atomic mass is 9.91. The van der Waals surface area contributed by atoms with Crippen molar-refractivity contribution in [1.82, 2.24) is 39.5 Å². The Hall–Kier alpha value is -13.3. The van der Waals surface area contributed by atoms with Gasteiger partial charge in [-0.1, -0.05) is 319 Å². The maximum atomic E-state index is 5.07. The summed E-state index contributed by atoms with van der Waals surface area (Å²) >= 11 is 3.52. The normalized spacial score (nSPS) is 11.7. The number of aromatic nitrogens is 8. The van der Waals surface area contributed by atoms with E-state index in [0.717, 1.165) is 43.5 Å². The van der Waals surface area contributed by atoms with Crippen LogP contribution in [0.5, 0.6) is 0 Å². The van der Waals surface area contributed by atoms with Gasteiger partial charge in [0.2, 0.25) is 0 Å². The molecular weight excluding hydrogens is 1320 g/mol. The molecule has 4 aromatic heterocycles. The number of nitrogens with zero attached hydrogens (tertiary/aromatic N) is 7. The van der Waals surface area contributed by atoms with E-state index in [2.05, 4.69) is 225 Å². The third-order valence-electron chi connectivity index (χ3n) is 20.3. The molecule has 0 saturated heterocycles. The number of H-pyrrole nitrogens is 1. The molecule has 20 aromatic rings. The molecule has 0 bridgehead atoms. The number of halogens is 1. The summed E-state index contributed by atoms with van der Waals surface area (Å²) in [5.74, 6) is 3.94.